The molecule has 0 saturated heterocycles. The van der Waals surface area contributed by atoms with Crippen molar-refractivity contribution in [1.82, 2.24) is 4.98 Å². The van der Waals surface area contributed by atoms with E-state index in [2.05, 4.69) is 85.7 Å². The number of quaternary nitrogens is 1. The van der Waals surface area contributed by atoms with Crippen LogP contribution >= 0.6 is 0 Å². The number of hydrogen-bond acceptors (Lipinski definition) is 1. The highest BCUT2D eigenvalue weighted by molar-refractivity contribution is 5.48. The van der Waals surface area contributed by atoms with Crippen molar-refractivity contribution < 1.29 is 5.32 Å². The molecule has 2 N–H and O–H groups in total. The summed E-state index contributed by atoms with van der Waals surface area (Å²) in [6.45, 7) is 6.52. The van der Waals surface area contributed by atoms with Crippen molar-refractivity contribution >= 4 is 5.69 Å². The van der Waals surface area contributed by atoms with Crippen molar-refractivity contribution in [2.24, 2.45) is 0 Å². The average Bonchev–Trinajstić information content (AvgIpc) is 2.56. The van der Waals surface area contributed by atoms with Crippen LogP contribution in [0.4, 0.5) is 5.69 Å². The molecule has 0 aliphatic rings. The number of pyridine rings is 1. The summed E-state index contributed by atoms with van der Waals surface area (Å²) in [4.78, 5) is 4.60. The van der Waals surface area contributed by atoms with Crippen molar-refractivity contribution in [1.29, 1.82) is 0 Å². The molecule has 0 fully saturated rings. The molecule has 1 atom stereocenters. The first-order valence-electron chi connectivity index (χ1n) is 8.04. The molecule has 2 nitrogen and oxygen atoms in total. The first kappa shape index (κ1) is 15.4. The van der Waals surface area contributed by atoms with E-state index in [1.54, 1.807) is 0 Å². The second-order valence-electron chi connectivity index (χ2n) is 6.12. The van der Waals surface area contributed by atoms with Crippen LogP contribution in [0.25, 0.3) is 0 Å². The molecule has 1 unspecified atom stereocenters. The summed E-state index contributed by atoms with van der Waals surface area (Å²) >= 11 is 0. The van der Waals surface area contributed by atoms with Gasteiger partial charge in [-0.1, -0.05) is 54.1 Å². The molecule has 1 heterocycles. The van der Waals surface area contributed by atoms with E-state index < -0.39 is 0 Å². The predicted octanol–water partition coefficient (Wildman–Crippen LogP) is 3.99. The maximum atomic E-state index is 4.60. The molecule has 3 rings (SSSR count). The van der Waals surface area contributed by atoms with Gasteiger partial charge in [0.2, 0.25) is 0 Å². The van der Waals surface area contributed by atoms with Crippen LogP contribution < -0.4 is 5.32 Å². The second-order valence-corrected chi connectivity index (χ2v) is 6.12. The molecule has 0 aliphatic carbocycles. The second kappa shape index (κ2) is 6.76. The lowest BCUT2D eigenvalue weighted by molar-refractivity contribution is -0.609. The molecule has 1 aromatic heterocycles. The van der Waals surface area contributed by atoms with Crippen molar-refractivity contribution in [3.8, 4) is 0 Å². The summed E-state index contributed by atoms with van der Waals surface area (Å²) < 4.78 is 0. The summed E-state index contributed by atoms with van der Waals surface area (Å²) in [7, 11) is 0. The van der Waals surface area contributed by atoms with Crippen LogP contribution in [0.1, 0.15) is 34.0 Å². The van der Waals surface area contributed by atoms with Gasteiger partial charge in [0.15, 0.2) is 6.04 Å². The van der Waals surface area contributed by atoms with E-state index in [9.17, 15) is 0 Å². The standard InChI is InChI=1S/C21H22N2/c1-15-13-16(2)20(17(3)14-15)23-21(18-9-5-4-6-10-18)19-11-7-8-12-22-19/h4-14,21,23H,1-3H3/p+1. The van der Waals surface area contributed by atoms with E-state index in [0.29, 0.717) is 0 Å². The van der Waals surface area contributed by atoms with E-state index in [0.717, 1.165) is 5.69 Å². The minimum absolute atomic E-state index is 0.164. The summed E-state index contributed by atoms with van der Waals surface area (Å²) in [5.74, 6) is 0. The number of benzene rings is 2. The van der Waals surface area contributed by atoms with E-state index in [1.807, 2.05) is 12.3 Å². The van der Waals surface area contributed by atoms with E-state index in [1.165, 1.54) is 27.9 Å². The Balaban J connectivity index is 2.04. The van der Waals surface area contributed by atoms with Gasteiger partial charge in [0.05, 0.1) is 0 Å². The molecule has 0 saturated carbocycles. The zero-order valence-electron chi connectivity index (χ0n) is 14.0. The zero-order valence-corrected chi connectivity index (χ0v) is 14.0. The van der Waals surface area contributed by atoms with Crippen LogP contribution in [0.2, 0.25) is 0 Å². The minimum atomic E-state index is 0.164. The van der Waals surface area contributed by atoms with Gasteiger partial charge in [0.25, 0.3) is 0 Å². The lowest BCUT2D eigenvalue weighted by Crippen LogP contribution is -2.80. The third-order valence-electron chi connectivity index (χ3n) is 4.24. The molecule has 2 aromatic carbocycles. The summed E-state index contributed by atoms with van der Waals surface area (Å²) in [6, 6.07) is 21.4. The molecule has 23 heavy (non-hydrogen) atoms. The minimum Gasteiger partial charge on any atom is -0.302 e. The van der Waals surface area contributed by atoms with Crippen molar-refractivity contribution in [3.63, 3.8) is 0 Å². The molecule has 2 heteroatoms. The number of aryl methyl sites for hydroxylation is 3. The molecule has 0 bridgehead atoms. The van der Waals surface area contributed by atoms with Gasteiger partial charge < -0.3 is 5.32 Å². The van der Waals surface area contributed by atoms with Gasteiger partial charge in [-0.15, -0.1) is 0 Å². The first-order chi connectivity index (χ1) is 11.1. The van der Waals surface area contributed by atoms with Gasteiger partial charge in [-0.25, -0.2) is 0 Å². The smallest absolute Gasteiger partial charge is 0.159 e. The van der Waals surface area contributed by atoms with Crippen LogP contribution in [-0.4, -0.2) is 4.98 Å². The average molecular weight is 303 g/mol. The van der Waals surface area contributed by atoms with Gasteiger partial charge in [0, 0.05) is 22.9 Å². The summed E-state index contributed by atoms with van der Waals surface area (Å²) in [5, 5.41) is 2.35. The van der Waals surface area contributed by atoms with Gasteiger partial charge in [-0.2, -0.15) is 0 Å². The topological polar surface area (TPSA) is 29.5 Å². The first-order valence-corrected chi connectivity index (χ1v) is 8.04. The Bertz CT molecular complexity index is 717. The Morgan fingerprint density at radius 3 is 2.09 bits per heavy atom. The van der Waals surface area contributed by atoms with Crippen LogP contribution in [0.3, 0.4) is 0 Å². The molecule has 116 valence electrons. The molecule has 0 spiro atoms. The fourth-order valence-electron chi connectivity index (χ4n) is 3.19. The van der Waals surface area contributed by atoms with Crippen LogP contribution in [0.5, 0.6) is 0 Å². The molecule has 0 amide bonds. The van der Waals surface area contributed by atoms with Gasteiger partial charge >= 0.3 is 0 Å². The zero-order chi connectivity index (χ0) is 16.2. The number of hydrogen-bond donors (Lipinski definition) is 1. The molecule has 3 aromatic rings. The Morgan fingerprint density at radius 2 is 1.48 bits per heavy atom. The van der Waals surface area contributed by atoms with Crippen LogP contribution in [0.15, 0.2) is 66.9 Å². The quantitative estimate of drug-likeness (QED) is 0.726. The highest BCUT2D eigenvalue weighted by Gasteiger charge is 2.21. The van der Waals surface area contributed by atoms with Gasteiger partial charge in [0.1, 0.15) is 11.4 Å². The van der Waals surface area contributed by atoms with Crippen LogP contribution in [0, 0.1) is 20.8 Å². The third kappa shape index (κ3) is 3.49. The lowest BCUT2D eigenvalue weighted by atomic mass is 9.99. The Morgan fingerprint density at radius 1 is 0.826 bits per heavy atom. The van der Waals surface area contributed by atoms with Gasteiger partial charge in [-0.3, -0.25) is 4.98 Å². The van der Waals surface area contributed by atoms with Crippen LogP contribution in [-0.2, 0) is 0 Å². The number of nitrogens with zero attached hydrogens (tertiary/aromatic N) is 1. The lowest BCUT2D eigenvalue weighted by Gasteiger charge is -2.18. The van der Waals surface area contributed by atoms with Crippen molar-refractivity contribution in [3.05, 3.63) is 94.8 Å². The van der Waals surface area contributed by atoms with Gasteiger partial charge in [-0.05, 0) is 32.9 Å². The number of nitrogens with two attached hydrogens (primary N) is 1. The Labute approximate surface area is 138 Å². The molecule has 0 aliphatic heterocycles. The number of aromatic nitrogens is 1. The molecule has 0 radical (unpaired) electrons. The Hall–Kier alpha value is -2.45. The highest BCUT2D eigenvalue weighted by Crippen LogP contribution is 2.22. The normalized spacial score (nSPS) is 12.1. The Kier molecular flexibility index (Phi) is 4.54. The fraction of sp³-hybridized carbons (Fsp3) is 0.190. The monoisotopic (exact) mass is 303 g/mol. The van der Waals surface area contributed by atoms with Crippen molar-refractivity contribution in [2.45, 2.75) is 26.8 Å². The summed E-state index contributed by atoms with van der Waals surface area (Å²) in [5.41, 5.74) is 7.61. The molecular formula is C21H23N2+. The van der Waals surface area contributed by atoms with E-state index in [4.69, 9.17) is 0 Å². The number of rotatable bonds is 4. The highest BCUT2D eigenvalue weighted by atomic mass is 15.0. The maximum Gasteiger partial charge on any atom is 0.159 e. The largest absolute Gasteiger partial charge is 0.302 e. The van der Waals surface area contributed by atoms with Crippen molar-refractivity contribution in [2.75, 3.05) is 0 Å². The SMILES string of the molecule is Cc1cc(C)c([NH2+]C(c2ccccc2)c2ccccn2)c(C)c1. The maximum absolute atomic E-state index is 4.60. The fourth-order valence-corrected chi connectivity index (χ4v) is 3.19. The predicted molar refractivity (Wildman–Crippen MR) is 94.8 cm³/mol. The van der Waals surface area contributed by atoms with E-state index in [-0.39, 0.29) is 6.04 Å². The molecular weight excluding hydrogens is 280 g/mol. The van der Waals surface area contributed by atoms with E-state index >= 15 is 0 Å². The summed E-state index contributed by atoms with van der Waals surface area (Å²) in [6.07, 6.45) is 1.87. The third-order valence-corrected chi connectivity index (χ3v) is 4.24.